The third-order valence-electron chi connectivity index (χ3n) is 4.53. The maximum absolute atomic E-state index is 13.4. The molecule has 0 aliphatic carbocycles. The minimum absolute atomic E-state index is 0.218. The van der Waals surface area contributed by atoms with Gasteiger partial charge < -0.3 is 15.3 Å². The van der Waals surface area contributed by atoms with Gasteiger partial charge in [0.1, 0.15) is 5.82 Å². The van der Waals surface area contributed by atoms with Gasteiger partial charge in [-0.2, -0.15) is 0 Å². The van der Waals surface area contributed by atoms with Crippen LogP contribution in [0.3, 0.4) is 0 Å². The van der Waals surface area contributed by atoms with Crippen molar-refractivity contribution in [1.82, 2.24) is 19.9 Å². The molecule has 1 fully saturated rings. The number of β-amino-alcohol motifs (C(OH)–C–C–N with tert-alkyl or cyclic N) is 1. The van der Waals surface area contributed by atoms with Gasteiger partial charge in [-0.3, -0.25) is 9.78 Å². The van der Waals surface area contributed by atoms with Crippen LogP contribution in [0.2, 0.25) is 0 Å². The Morgan fingerprint density at radius 1 is 1.44 bits per heavy atom. The van der Waals surface area contributed by atoms with Crippen LogP contribution in [0.25, 0.3) is 10.2 Å². The molecule has 140 valence electrons. The maximum atomic E-state index is 13.4. The van der Waals surface area contributed by atoms with Crippen LogP contribution in [-0.2, 0) is 0 Å². The van der Waals surface area contributed by atoms with Gasteiger partial charge in [0.25, 0.3) is 5.91 Å². The lowest BCUT2D eigenvalue weighted by Crippen LogP contribution is -2.30. The predicted octanol–water partition coefficient (Wildman–Crippen LogP) is 2.61. The largest absolute Gasteiger partial charge is 0.391 e. The van der Waals surface area contributed by atoms with E-state index in [0.717, 1.165) is 6.20 Å². The average molecular weight is 387 g/mol. The van der Waals surface area contributed by atoms with E-state index in [1.807, 2.05) is 18.4 Å². The second-order valence-corrected chi connectivity index (χ2v) is 7.44. The molecule has 7 nitrogen and oxygen atoms in total. The molecule has 1 amide bonds. The number of aliphatic hydroxyl groups is 1. The summed E-state index contributed by atoms with van der Waals surface area (Å²) in [6.45, 7) is 2.66. The second kappa shape index (κ2) is 7.16. The van der Waals surface area contributed by atoms with Gasteiger partial charge in [0.15, 0.2) is 5.69 Å². The molecule has 1 aliphatic rings. The van der Waals surface area contributed by atoms with Crippen LogP contribution < -0.4 is 5.32 Å². The van der Waals surface area contributed by atoms with Crippen molar-refractivity contribution in [3.05, 3.63) is 47.0 Å². The van der Waals surface area contributed by atoms with Crippen molar-refractivity contribution in [3.63, 3.8) is 0 Å². The molecule has 1 aliphatic heterocycles. The number of carbonyl (C=O) groups excluding carboxylic acids is 1. The number of hydrogen-bond acceptors (Lipinski definition) is 7. The fourth-order valence-corrected chi connectivity index (χ4v) is 3.90. The number of nitrogens with one attached hydrogen (secondary N) is 1. The third kappa shape index (κ3) is 3.60. The SMILES string of the molecule is CC(Nc1nc(C(=O)N2CC[C@H](O)C2)c2sccc2n1)c1cncc(F)c1. The van der Waals surface area contributed by atoms with Crippen LogP contribution in [0.4, 0.5) is 10.3 Å². The topological polar surface area (TPSA) is 91.2 Å². The number of anilines is 1. The number of rotatable bonds is 4. The van der Waals surface area contributed by atoms with E-state index < -0.39 is 11.9 Å². The van der Waals surface area contributed by atoms with Crippen LogP contribution in [-0.4, -0.2) is 50.1 Å². The Morgan fingerprint density at radius 2 is 2.30 bits per heavy atom. The molecular formula is C18H18FN5O2S. The zero-order chi connectivity index (χ0) is 19.0. The summed E-state index contributed by atoms with van der Waals surface area (Å²) >= 11 is 1.41. The molecular weight excluding hydrogens is 369 g/mol. The standard InChI is InChI=1S/C18H18FN5O2S/c1-10(11-6-12(19)8-20-7-11)21-18-22-14-3-5-27-16(14)15(23-18)17(26)24-4-2-13(25)9-24/h3,5-8,10,13,25H,2,4,9H2,1H3,(H,21,22,23)/t10?,13-/m0/s1. The van der Waals surface area contributed by atoms with Gasteiger partial charge in [0.05, 0.1) is 28.6 Å². The number of halogens is 1. The highest BCUT2D eigenvalue weighted by Crippen LogP contribution is 2.27. The molecule has 1 saturated heterocycles. The molecule has 27 heavy (non-hydrogen) atoms. The normalized spacial score (nSPS) is 18.0. The first-order valence-corrected chi connectivity index (χ1v) is 9.49. The van der Waals surface area contributed by atoms with E-state index in [-0.39, 0.29) is 11.9 Å². The van der Waals surface area contributed by atoms with Crippen molar-refractivity contribution in [2.75, 3.05) is 18.4 Å². The Morgan fingerprint density at radius 3 is 3.04 bits per heavy atom. The van der Waals surface area contributed by atoms with Crippen LogP contribution in [0.5, 0.6) is 0 Å². The molecule has 0 saturated carbocycles. The minimum Gasteiger partial charge on any atom is -0.391 e. The number of thiophene rings is 1. The number of carbonyl (C=O) groups is 1. The summed E-state index contributed by atoms with van der Waals surface area (Å²) < 4.78 is 14.1. The molecule has 0 aromatic carbocycles. The van der Waals surface area contributed by atoms with E-state index in [9.17, 15) is 14.3 Å². The van der Waals surface area contributed by atoms with Crippen molar-refractivity contribution in [2.45, 2.75) is 25.5 Å². The summed E-state index contributed by atoms with van der Waals surface area (Å²) in [6, 6.07) is 2.93. The molecule has 1 unspecified atom stereocenters. The van der Waals surface area contributed by atoms with Crippen molar-refractivity contribution in [3.8, 4) is 0 Å². The third-order valence-corrected chi connectivity index (χ3v) is 5.44. The summed E-state index contributed by atoms with van der Waals surface area (Å²) in [5.74, 6) is -0.343. The highest BCUT2D eigenvalue weighted by Gasteiger charge is 2.28. The summed E-state index contributed by atoms with van der Waals surface area (Å²) in [7, 11) is 0. The van der Waals surface area contributed by atoms with Crippen LogP contribution in [0.1, 0.15) is 35.4 Å². The molecule has 3 aromatic heterocycles. The summed E-state index contributed by atoms with van der Waals surface area (Å²) in [5.41, 5.74) is 1.64. The van der Waals surface area contributed by atoms with Gasteiger partial charge in [-0.25, -0.2) is 14.4 Å². The molecule has 4 rings (SSSR count). The Labute approximate surface area is 158 Å². The van der Waals surface area contributed by atoms with Gasteiger partial charge >= 0.3 is 0 Å². The lowest BCUT2D eigenvalue weighted by atomic mass is 10.1. The number of aliphatic hydroxyl groups excluding tert-OH is 1. The lowest BCUT2D eigenvalue weighted by Gasteiger charge is -2.17. The molecule has 2 N–H and O–H groups in total. The average Bonchev–Trinajstić information content (AvgIpc) is 3.29. The number of nitrogens with zero attached hydrogens (tertiary/aromatic N) is 4. The smallest absolute Gasteiger partial charge is 0.274 e. The van der Waals surface area contributed by atoms with Crippen molar-refractivity contribution >= 4 is 33.4 Å². The number of likely N-dealkylation sites (tertiary alicyclic amines) is 1. The predicted molar refractivity (Wildman–Crippen MR) is 100 cm³/mol. The molecule has 0 bridgehead atoms. The Kier molecular flexibility index (Phi) is 4.71. The van der Waals surface area contributed by atoms with Gasteiger partial charge in [0.2, 0.25) is 5.95 Å². The van der Waals surface area contributed by atoms with E-state index in [1.165, 1.54) is 17.4 Å². The van der Waals surface area contributed by atoms with Gasteiger partial charge in [-0.05, 0) is 36.4 Å². The van der Waals surface area contributed by atoms with E-state index in [0.29, 0.717) is 46.9 Å². The van der Waals surface area contributed by atoms with Gasteiger partial charge in [0, 0.05) is 19.3 Å². The Hall–Kier alpha value is -2.65. The number of pyridine rings is 1. The highest BCUT2D eigenvalue weighted by atomic mass is 32.1. The van der Waals surface area contributed by atoms with Gasteiger partial charge in [-0.15, -0.1) is 11.3 Å². The van der Waals surface area contributed by atoms with E-state index >= 15 is 0 Å². The van der Waals surface area contributed by atoms with Crippen molar-refractivity contribution in [1.29, 1.82) is 0 Å². The van der Waals surface area contributed by atoms with E-state index in [1.54, 1.807) is 11.1 Å². The summed E-state index contributed by atoms with van der Waals surface area (Å²) in [5, 5.41) is 14.7. The second-order valence-electron chi connectivity index (χ2n) is 6.53. The number of hydrogen-bond donors (Lipinski definition) is 2. The number of fused-ring (bicyclic) bond motifs is 1. The lowest BCUT2D eigenvalue weighted by molar-refractivity contribution is 0.0761. The minimum atomic E-state index is -0.493. The summed E-state index contributed by atoms with van der Waals surface area (Å²) in [6.07, 6.45) is 2.79. The van der Waals surface area contributed by atoms with Crippen LogP contribution in [0.15, 0.2) is 29.9 Å². The first kappa shape index (κ1) is 17.7. The monoisotopic (exact) mass is 387 g/mol. The fourth-order valence-electron chi connectivity index (χ4n) is 3.09. The molecule has 0 spiro atoms. The first-order valence-electron chi connectivity index (χ1n) is 8.61. The Balaban J connectivity index is 1.65. The van der Waals surface area contributed by atoms with Crippen LogP contribution >= 0.6 is 11.3 Å². The van der Waals surface area contributed by atoms with Crippen molar-refractivity contribution in [2.24, 2.45) is 0 Å². The molecule has 0 radical (unpaired) electrons. The molecule has 3 aromatic rings. The zero-order valence-corrected chi connectivity index (χ0v) is 15.4. The number of aromatic nitrogens is 3. The van der Waals surface area contributed by atoms with Crippen LogP contribution in [0, 0.1) is 5.82 Å². The molecule has 2 atom stereocenters. The van der Waals surface area contributed by atoms with E-state index in [4.69, 9.17) is 0 Å². The molecule has 9 heteroatoms. The highest BCUT2D eigenvalue weighted by molar-refractivity contribution is 7.17. The van der Waals surface area contributed by atoms with E-state index in [2.05, 4.69) is 20.3 Å². The number of amides is 1. The summed E-state index contributed by atoms with van der Waals surface area (Å²) in [4.78, 5) is 27.3. The zero-order valence-electron chi connectivity index (χ0n) is 14.6. The van der Waals surface area contributed by atoms with Gasteiger partial charge in [-0.1, -0.05) is 0 Å². The maximum Gasteiger partial charge on any atom is 0.274 e. The quantitative estimate of drug-likeness (QED) is 0.715. The van der Waals surface area contributed by atoms with Crippen molar-refractivity contribution < 1.29 is 14.3 Å². The first-order chi connectivity index (χ1) is 13.0. The Bertz CT molecular complexity index is 995. The molecule has 4 heterocycles. The fraction of sp³-hybridized carbons (Fsp3) is 0.333.